The third-order valence-electron chi connectivity index (χ3n) is 5.80. The Morgan fingerprint density at radius 1 is 1.11 bits per heavy atom. The topological polar surface area (TPSA) is 55.8 Å². The Kier molecular flexibility index (Phi) is 8.34. The highest BCUT2D eigenvalue weighted by atomic mass is 16.6. The van der Waals surface area contributed by atoms with Gasteiger partial charge in [0.25, 0.3) is 0 Å². The van der Waals surface area contributed by atoms with Crippen molar-refractivity contribution in [1.29, 1.82) is 0 Å². The Hall–Kier alpha value is -2.04. The van der Waals surface area contributed by atoms with E-state index in [1.165, 1.54) is 6.42 Å². The van der Waals surface area contributed by atoms with Gasteiger partial charge in [0.05, 0.1) is 5.56 Å². The molecule has 1 aliphatic rings. The van der Waals surface area contributed by atoms with E-state index in [0.29, 0.717) is 23.3 Å². The first-order valence-electron chi connectivity index (χ1n) is 10.6. The summed E-state index contributed by atoms with van der Waals surface area (Å²) in [6.45, 7) is 12.2. The number of ether oxygens (including phenoxy) is 2. The van der Waals surface area contributed by atoms with E-state index in [1.54, 1.807) is 12.1 Å². The van der Waals surface area contributed by atoms with Crippen LogP contribution in [-0.4, -0.2) is 37.7 Å². The van der Waals surface area contributed by atoms with Gasteiger partial charge in [-0.25, -0.2) is 9.59 Å². The number of esters is 2. The van der Waals surface area contributed by atoms with Crippen molar-refractivity contribution in [2.75, 3.05) is 24.6 Å². The van der Waals surface area contributed by atoms with Gasteiger partial charge < -0.3 is 14.4 Å². The Morgan fingerprint density at radius 2 is 1.75 bits per heavy atom. The van der Waals surface area contributed by atoms with Gasteiger partial charge in [0, 0.05) is 18.8 Å². The molecule has 1 aromatic rings. The second-order valence-electron chi connectivity index (χ2n) is 8.15. The molecule has 3 atom stereocenters. The summed E-state index contributed by atoms with van der Waals surface area (Å²) >= 11 is 0. The highest BCUT2D eigenvalue weighted by molar-refractivity contribution is 5.91. The Balaban J connectivity index is 1.87. The minimum absolute atomic E-state index is 0.0803. The molecule has 1 saturated carbocycles. The lowest BCUT2D eigenvalue weighted by Gasteiger charge is -2.36. The summed E-state index contributed by atoms with van der Waals surface area (Å²) in [5.74, 6) is 0.443. The predicted molar refractivity (Wildman–Crippen MR) is 112 cm³/mol. The fourth-order valence-corrected chi connectivity index (χ4v) is 4.06. The third-order valence-corrected chi connectivity index (χ3v) is 5.80. The van der Waals surface area contributed by atoms with Crippen LogP contribution in [0, 0.1) is 17.8 Å². The lowest BCUT2D eigenvalue weighted by molar-refractivity contribution is -0.159. The van der Waals surface area contributed by atoms with Gasteiger partial charge in [0.2, 0.25) is 0 Å². The molecule has 0 spiro atoms. The van der Waals surface area contributed by atoms with Crippen LogP contribution in [0.5, 0.6) is 0 Å². The van der Waals surface area contributed by atoms with Gasteiger partial charge in [-0.15, -0.1) is 0 Å². The van der Waals surface area contributed by atoms with Crippen LogP contribution in [0.1, 0.15) is 64.2 Å². The molecule has 5 nitrogen and oxygen atoms in total. The van der Waals surface area contributed by atoms with Crippen molar-refractivity contribution in [2.24, 2.45) is 17.8 Å². The van der Waals surface area contributed by atoms with E-state index in [9.17, 15) is 9.59 Å². The molecule has 5 heteroatoms. The first kappa shape index (κ1) is 22.3. The second kappa shape index (κ2) is 10.5. The molecule has 2 rings (SSSR count). The van der Waals surface area contributed by atoms with E-state index < -0.39 is 11.9 Å². The number of benzene rings is 1. The lowest BCUT2D eigenvalue weighted by Crippen LogP contribution is -2.36. The molecule has 1 aromatic carbocycles. The first-order chi connectivity index (χ1) is 13.3. The number of anilines is 1. The van der Waals surface area contributed by atoms with Crippen LogP contribution < -0.4 is 4.90 Å². The van der Waals surface area contributed by atoms with E-state index in [1.807, 2.05) is 12.1 Å². The third kappa shape index (κ3) is 5.98. The predicted octanol–water partition coefficient (Wildman–Crippen LogP) is 4.69. The molecule has 0 aliphatic heterocycles. The quantitative estimate of drug-likeness (QED) is 0.604. The summed E-state index contributed by atoms with van der Waals surface area (Å²) in [7, 11) is 0. The minimum Gasteiger partial charge on any atom is -0.460 e. The molecule has 0 heterocycles. The smallest absolute Gasteiger partial charge is 0.344 e. The van der Waals surface area contributed by atoms with Crippen molar-refractivity contribution in [3.8, 4) is 0 Å². The van der Waals surface area contributed by atoms with Gasteiger partial charge in [-0.2, -0.15) is 0 Å². The monoisotopic (exact) mass is 389 g/mol. The molecule has 0 N–H and O–H groups in total. The summed E-state index contributed by atoms with van der Waals surface area (Å²) in [5, 5.41) is 0. The molecule has 1 aliphatic carbocycles. The number of nitrogens with zero attached hydrogens (tertiary/aromatic N) is 1. The maximum atomic E-state index is 12.2. The van der Waals surface area contributed by atoms with Crippen molar-refractivity contribution in [1.82, 2.24) is 0 Å². The molecule has 0 unspecified atom stereocenters. The Bertz CT molecular complexity index is 637. The SMILES string of the molecule is CCN(CC)c1ccc(C(=O)OCC(=O)O[C@H]2C[C@H](C)CC[C@@H]2C(C)C)cc1. The van der Waals surface area contributed by atoms with Gasteiger partial charge in [0.15, 0.2) is 6.61 Å². The first-order valence-corrected chi connectivity index (χ1v) is 10.6. The standard InChI is InChI=1S/C23H35NO4/c1-6-24(7-2)19-11-9-18(10-12-19)23(26)27-15-22(25)28-21-14-17(5)8-13-20(21)16(3)4/h9-12,16-17,20-21H,6-8,13-15H2,1-5H3/t17-,20-,21+/m1/s1. The Labute approximate surface area is 169 Å². The molecule has 0 amide bonds. The normalized spacial score (nSPS) is 22.0. The van der Waals surface area contributed by atoms with Gasteiger partial charge in [-0.1, -0.05) is 27.2 Å². The van der Waals surface area contributed by atoms with Crippen molar-refractivity contribution >= 4 is 17.6 Å². The van der Waals surface area contributed by atoms with Gasteiger partial charge in [-0.3, -0.25) is 0 Å². The summed E-state index contributed by atoms with van der Waals surface area (Å²) in [4.78, 5) is 26.7. The van der Waals surface area contributed by atoms with E-state index in [0.717, 1.165) is 31.6 Å². The zero-order valence-electron chi connectivity index (χ0n) is 17.9. The number of hydrogen-bond acceptors (Lipinski definition) is 5. The van der Waals surface area contributed by atoms with E-state index in [4.69, 9.17) is 9.47 Å². The molecule has 0 aromatic heterocycles. The summed E-state index contributed by atoms with van der Waals surface area (Å²) < 4.78 is 10.9. The molecule has 156 valence electrons. The van der Waals surface area contributed by atoms with E-state index >= 15 is 0 Å². The van der Waals surface area contributed by atoms with Crippen molar-refractivity contribution < 1.29 is 19.1 Å². The zero-order chi connectivity index (χ0) is 20.7. The van der Waals surface area contributed by atoms with Crippen LogP contribution in [0.2, 0.25) is 0 Å². The Morgan fingerprint density at radius 3 is 2.32 bits per heavy atom. The molecular weight excluding hydrogens is 354 g/mol. The average molecular weight is 390 g/mol. The van der Waals surface area contributed by atoms with Gasteiger partial charge >= 0.3 is 11.9 Å². The summed E-state index contributed by atoms with van der Waals surface area (Å²) in [6.07, 6.45) is 3.06. The van der Waals surface area contributed by atoms with Crippen LogP contribution in [0.15, 0.2) is 24.3 Å². The van der Waals surface area contributed by atoms with Crippen LogP contribution in [-0.2, 0) is 14.3 Å². The van der Waals surface area contributed by atoms with Gasteiger partial charge in [0.1, 0.15) is 6.10 Å². The van der Waals surface area contributed by atoms with E-state index in [2.05, 4.69) is 39.5 Å². The molecule has 0 radical (unpaired) electrons. The average Bonchev–Trinajstić information content (AvgIpc) is 2.67. The molecule has 0 saturated heterocycles. The van der Waals surface area contributed by atoms with E-state index in [-0.39, 0.29) is 12.7 Å². The molecular formula is C23H35NO4. The van der Waals surface area contributed by atoms with Crippen LogP contribution in [0.3, 0.4) is 0 Å². The fraction of sp³-hybridized carbons (Fsp3) is 0.652. The van der Waals surface area contributed by atoms with Crippen molar-refractivity contribution in [3.05, 3.63) is 29.8 Å². The second-order valence-corrected chi connectivity index (χ2v) is 8.15. The highest BCUT2D eigenvalue weighted by Gasteiger charge is 2.33. The number of hydrogen-bond donors (Lipinski definition) is 0. The van der Waals surface area contributed by atoms with Crippen LogP contribution >= 0.6 is 0 Å². The summed E-state index contributed by atoms with van der Waals surface area (Å²) in [6, 6.07) is 7.27. The largest absolute Gasteiger partial charge is 0.460 e. The molecule has 0 bridgehead atoms. The highest BCUT2D eigenvalue weighted by Crippen LogP contribution is 2.35. The fourth-order valence-electron chi connectivity index (χ4n) is 4.06. The zero-order valence-corrected chi connectivity index (χ0v) is 17.9. The van der Waals surface area contributed by atoms with Crippen molar-refractivity contribution in [3.63, 3.8) is 0 Å². The lowest BCUT2D eigenvalue weighted by atomic mass is 9.75. The molecule has 28 heavy (non-hydrogen) atoms. The number of rotatable bonds is 8. The maximum absolute atomic E-state index is 12.2. The minimum atomic E-state index is -0.500. The summed E-state index contributed by atoms with van der Waals surface area (Å²) in [5.41, 5.74) is 1.50. The van der Waals surface area contributed by atoms with Crippen molar-refractivity contribution in [2.45, 2.75) is 60.0 Å². The number of carbonyl (C=O) groups is 2. The van der Waals surface area contributed by atoms with Gasteiger partial charge in [-0.05, 0) is 68.7 Å². The van der Waals surface area contributed by atoms with Crippen LogP contribution in [0.25, 0.3) is 0 Å². The van der Waals surface area contributed by atoms with Crippen LogP contribution in [0.4, 0.5) is 5.69 Å². The number of carbonyl (C=O) groups excluding carboxylic acids is 2. The molecule has 1 fully saturated rings. The maximum Gasteiger partial charge on any atom is 0.344 e.